The second kappa shape index (κ2) is 9.69. The van der Waals surface area contributed by atoms with Crippen LogP contribution in [0.25, 0.3) is 0 Å². The van der Waals surface area contributed by atoms with E-state index >= 15 is 0 Å². The molecule has 2 N–H and O–H groups in total. The molecule has 1 heterocycles. The van der Waals surface area contributed by atoms with Gasteiger partial charge < -0.3 is 0 Å². The van der Waals surface area contributed by atoms with E-state index in [0.29, 0.717) is 16.5 Å². The topological polar surface area (TPSA) is 84.0 Å². The molecule has 0 atom stereocenters. The minimum absolute atomic E-state index is 0.215. The fraction of sp³-hybridized carbons (Fsp3) is 0.143. The third kappa shape index (κ3) is 5.77. The Balaban J connectivity index is 1.55. The summed E-state index contributed by atoms with van der Waals surface area (Å²) in [6.07, 6.45) is 0. The number of aromatic nitrogens is 2. The molecule has 0 saturated carbocycles. The number of halogens is 2. The third-order valence-electron chi connectivity index (χ3n) is 4.01. The molecule has 0 saturated heterocycles. The SMILES string of the molecule is Cc1cc(C)nc(SCc2ccc(C(=O)NNC(=O)c3cc(Cl)ccc3F)cc2)n1. The molecule has 6 nitrogen and oxygen atoms in total. The van der Waals surface area contributed by atoms with Crippen LogP contribution in [0.15, 0.2) is 53.7 Å². The number of carbonyl (C=O) groups is 2. The van der Waals surface area contributed by atoms with E-state index < -0.39 is 17.6 Å². The lowest BCUT2D eigenvalue weighted by atomic mass is 10.1. The van der Waals surface area contributed by atoms with E-state index in [1.165, 1.54) is 23.9 Å². The van der Waals surface area contributed by atoms with E-state index in [2.05, 4.69) is 20.8 Å². The van der Waals surface area contributed by atoms with Crippen molar-refractivity contribution in [2.24, 2.45) is 0 Å². The van der Waals surface area contributed by atoms with Gasteiger partial charge in [0.05, 0.1) is 5.56 Å². The molecule has 3 rings (SSSR count). The van der Waals surface area contributed by atoms with Crippen molar-refractivity contribution in [1.82, 2.24) is 20.8 Å². The summed E-state index contributed by atoms with van der Waals surface area (Å²) in [5, 5.41) is 0.915. The van der Waals surface area contributed by atoms with Crippen LogP contribution in [-0.2, 0) is 5.75 Å². The van der Waals surface area contributed by atoms with Crippen LogP contribution < -0.4 is 10.9 Å². The molecule has 0 fully saturated rings. The van der Waals surface area contributed by atoms with E-state index in [4.69, 9.17) is 11.6 Å². The zero-order chi connectivity index (χ0) is 21.7. The Hall–Kier alpha value is -2.97. The number of nitrogens with one attached hydrogen (secondary N) is 2. The zero-order valence-electron chi connectivity index (χ0n) is 16.2. The first kappa shape index (κ1) is 21.7. The van der Waals surface area contributed by atoms with Gasteiger partial charge in [-0.1, -0.05) is 35.5 Å². The van der Waals surface area contributed by atoms with Crippen molar-refractivity contribution in [3.8, 4) is 0 Å². The monoisotopic (exact) mass is 444 g/mol. The third-order valence-corrected chi connectivity index (χ3v) is 5.16. The lowest BCUT2D eigenvalue weighted by Crippen LogP contribution is -2.41. The molecule has 0 radical (unpaired) electrons. The Labute approximate surface area is 182 Å². The lowest BCUT2D eigenvalue weighted by molar-refractivity contribution is 0.0844. The van der Waals surface area contributed by atoms with Gasteiger partial charge in [-0.3, -0.25) is 20.4 Å². The number of carbonyl (C=O) groups excluding carboxylic acids is 2. The van der Waals surface area contributed by atoms with Gasteiger partial charge in [0, 0.05) is 27.7 Å². The van der Waals surface area contributed by atoms with Crippen molar-refractivity contribution < 1.29 is 14.0 Å². The maximum Gasteiger partial charge on any atom is 0.272 e. The zero-order valence-corrected chi connectivity index (χ0v) is 17.8. The number of rotatable bonds is 5. The lowest BCUT2D eigenvalue weighted by Gasteiger charge is -2.09. The van der Waals surface area contributed by atoms with Gasteiger partial charge in [-0.2, -0.15) is 0 Å². The van der Waals surface area contributed by atoms with Gasteiger partial charge in [0.25, 0.3) is 11.8 Å². The number of nitrogens with zero attached hydrogens (tertiary/aromatic N) is 2. The minimum atomic E-state index is -0.801. The Kier molecular flexibility index (Phi) is 7.02. The minimum Gasteiger partial charge on any atom is -0.267 e. The second-order valence-electron chi connectivity index (χ2n) is 6.45. The van der Waals surface area contributed by atoms with Gasteiger partial charge in [0.1, 0.15) is 5.82 Å². The molecule has 0 aliphatic rings. The standard InChI is InChI=1S/C21H18ClFN4O2S/c1-12-9-13(2)25-21(24-12)30-11-14-3-5-15(6-4-14)19(28)26-27-20(29)17-10-16(22)7-8-18(17)23/h3-10H,11H2,1-2H3,(H,26,28)(H,27,29). The smallest absolute Gasteiger partial charge is 0.267 e. The van der Waals surface area contributed by atoms with Crippen molar-refractivity contribution in [3.05, 3.63) is 87.4 Å². The Morgan fingerprint density at radius 2 is 1.60 bits per heavy atom. The van der Waals surface area contributed by atoms with Crippen LogP contribution in [0, 0.1) is 19.7 Å². The average molecular weight is 445 g/mol. The van der Waals surface area contributed by atoms with Crippen LogP contribution in [0.1, 0.15) is 37.7 Å². The van der Waals surface area contributed by atoms with Gasteiger partial charge in [-0.15, -0.1) is 0 Å². The summed E-state index contributed by atoms with van der Waals surface area (Å²) in [4.78, 5) is 33.0. The first-order valence-electron chi connectivity index (χ1n) is 8.91. The van der Waals surface area contributed by atoms with E-state index in [0.717, 1.165) is 23.0 Å². The van der Waals surface area contributed by atoms with Gasteiger partial charge in [0.2, 0.25) is 0 Å². The molecule has 0 aliphatic heterocycles. The number of benzene rings is 2. The molecule has 3 aromatic rings. The van der Waals surface area contributed by atoms with Crippen molar-refractivity contribution in [1.29, 1.82) is 0 Å². The van der Waals surface area contributed by atoms with Crippen LogP contribution in [0.2, 0.25) is 5.02 Å². The average Bonchev–Trinajstić information content (AvgIpc) is 2.71. The molecular weight excluding hydrogens is 427 g/mol. The molecule has 154 valence electrons. The Morgan fingerprint density at radius 1 is 0.967 bits per heavy atom. The van der Waals surface area contributed by atoms with E-state index in [1.54, 1.807) is 12.1 Å². The molecule has 9 heteroatoms. The molecule has 0 spiro atoms. The summed E-state index contributed by atoms with van der Waals surface area (Å²) < 4.78 is 13.7. The summed E-state index contributed by atoms with van der Waals surface area (Å²) in [7, 11) is 0. The highest BCUT2D eigenvalue weighted by Gasteiger charge is 2.14. The first-order chi connectivity index (χ1) is 14.3. The van der Waals surface area contributed by atoms with Crippen molar-refractivity contribution in [3.63, 3.8) is 0 Å². The number of hydrogen-bond acceptors (Lipinski definition) is 5. The van der Waals surface area contributed by atoms with Crippen LogP contribution >= 0.6 is 23.4 Å². The summed E-state index contributed by atoms with van der Waals surface area (Å²) in [6.45, 7) is 3.84. The molecule has 2 aromatic carbocycles. The fourth-order valence-electron chi connectivity index (χ4n) is 2.58. The van der Waals surface area contributed by atoms with Crippen LogP contribution in [-0.4, -0.2) is 21.8 Å². The maximum atomic E-state index is 13.7. The van der Waals surface area contributed by atoms with Crippen molar-refractivity contribution in [2.75, 3.05) is 0 Å². The second-order valence-corrected chi connectivity index (χ2v) is 7.83. The van der Waals surface area contributed by atoms with E-state index in [9.17, 15) is 14.0 Å². The highest BCUT2D eigenvalue weighted by molar-refractivity contribution is 7.98. The number of hydrazine groups is 1. The Bertz CT molecular complexity index is 1070. The molecule has 2 amide bonds. The summed E-state index contributed by atoms with van der Waals surface area (Å²) in [5.41, 5.74) is 7.34. The quantitative estimate of drug-likeness (QED) is 0.349. The van der Waals surface area contributed by atoms with E-state index in [1.807, 2.05) is 32.0 Å². The van der Waals surface area contributed by atoms with Crippen molar-refractivity contribution >= 4 is 35.2 Å². The molecule has 30 heavy (non-hydrogen) atoms. The number of hydrogen-bond donors (Lipinski definition) is 2. The summed E-state index contributed by atoms with van der Waals surface area (Å²) in [5.74, 6) is -1.41. The molecular formula is C21H18ClFN4O2S. The highest BCUT2D eigenvalue weighted by Crippen LogP contribution is 2.20. The predicted octanol–water partition coefficient (Wildman–Crippen LogP) is 4.25. The largest absolute Gasteiger partial charge is 0.272 e. The summed E-state index contributed by atoms with van der Waals surface area (Å²) >= 11 is 7.28. The summed E-state index contributed by atoms with van der Waals surface area (Å²) in [6, 6.07) is 12.4. The molecule has 0 aliphatic carbocycles. The van der Waals surface area contributed by atoms with Gasteiger partial charge >= 0.3 is 0 Å². The number of aryl methyl sites for hydroxylation is 2. The van der Waals surface area contributed by atoms with Crippen LogP contribution in [0.3, 0.4) is 0 Å². The molecule has 0 bridgehead atoms. The maximum absolute atomic E-state index is 13.7. The normalized spacial score (nSPS) is 10.5. The fourth-order valence-corrected chi connectivity index (χ4v) is 3.66. The van der Waals surface area contributed by atoms with Gasteiger partial charge in [-0.05, 0) is 55.8 Å². The van der Waals surface area contributed by atoms with E-state index in [-0.39, 0.29) is 10.6 Å². The number of thioether (sulfide) groups is 1. The van der Waals surface area contributed by atoms with Crippen LogP contribution in [0.4, 0.5) is 4.39 Å². The first-order valence-corrected chi connectivity index (χ1v) is 10.3. The van der Waals surface area contributed by atoms with Gasteiger partial charge in [-0.25, -0.2) is 14.4 Å². The Morgan fingerprint density at radius 3 is 2.27 bits per heavy atom. The van der Waals surface area contributed by atoms with Crippen LogP contribution in [0.5, 0.6) is 0 Å². The highest BCUT2D eigenvalue weighted by atomic mass is 35.5. The number of amides is 2. The van der Waals surface area contributed by atoms with Crippen molar-refractivity contribution in [2.45, 2.75) is 24.8 Å². The van der Waals surface area contributed by atoms with Gasteiger partial charge in [0.15, 0.2) is 5.16 Å². The predicted molar refractivity (Wildman–Crippen MR) is 114 cm³/mol. The molecule has 1 aromatic heterocycles. The molecule has 0 unspecified atom stereocenters.